The smallest absolute Gasteiger partial charge is 0.161 e. The average Bonchev–Trinajstić information content (AvgIpc) is 2.45. The number of ether oxygens (including phenoxy) is 2. The van der Waals surface area contributed by atoms with E-state index in [0.29, 0.717) is 29.6 Å². The van der Waals surface area contributed by atoms with Gasteiger partial charge in [-0.15, -0.1) is 0 Å². The van der Waals surface area contributed by atoms with Gasteiger partial charge in [-0.1, -0.05) is 51.0 Å². The van der Waals surface area contributed by atoms with Gasteiger partial charge in [-0.2, -0.15) is 0 Å². The number of rotatable bonds is 1. The third-order valence-electron chi connectivity index (χ3n) is 6.85. The van der Waals surface area contributed by atoms with Crippen LogP contribution in [-0.4, -0.2) is 19.5 Å². The molecule has 1 aliphatic heterocycles. The molecule has 1 fully saturated rings. The summed E-state index contributed by atoms with van der Waals surface area (Å²) in [6.45, 7) is 15.6. The Morgan fingerprint density at radius 3 is 2.09 bits per heavy atom. The van der Waals surface area contributed by atoms with Crippen molar-refractivity contribution < 1.29 is 9.47 Å². The number of hydrogen-bond acceptors (Lipinski definition) is 2. The van der Waals surface area contributed by atoms with Crippen LogP contribution in [0.1, 0.15) is 54.4 Å². The Balaban J connectivity index is 1.71. The summed E-state index contributed by atoms with van der Waals surface area (Å²) in [7, 11) is 0. The Morgan fingerprint density at radius 2 is 1.52 bits per heavy atom. The van der Waals surface area contributed by atoms with Gasteiger partial charge in [0.2, 0.25) is 0 Å². The highest BCUT2D eigenvalue weighted by atomic mass is 16.7. The topological polar surface area (TPSA) is 18.5 Å². The molecule has 2 nitrogen and oxygen atoms in total. The largest absolute Gasteiger partial charge is 0.352 e. The van der Waals surface area contributed by atoms with Crippen molar-refractivity contribution in [3.05, 3.63) is 23.3 Å². The normalized spacial score (nSPS) is 48.1. The Bertz CT molecular complexity index is 496. The Labute approximate surface area is 142 Å². The van der Waals surface area contributed by atoms with Gasteiger partial charge >= 0.3 is 0 Å². The predicted octanol–water partition coefficient (Wildman–Crippen LogP) is 5.21. The summed E-state index contributed by atoms with van der Waals surface area (Å²) in [4.78, 5) is 0. The van der Waals surface area contributed by atoms with Gasteiger partial charge in [0.05, 0.1) is 13.2 Å². The van der Waals surface area contributed by atoms with Crippen LogP contribution in [-0.2, 0) is 9.47 Å². The highest BCUT2D eigenvalue weighted by molar-refractivity contribution is 5.14. The standard InChI is InChI=1S/C21H34O2/c1-13-7-15(3)19(16(4)8-13)20-22-11-21(12-23-20)17(5)9-14(2)10-18(21)6/h7,9,15-20H,8,10-12H2,1-6H3/t15-,16+,17-,18-,19+,20?,21?/m0/s1. The zero-order valence-corrected chi connectivity index (χ0v) is 15.8. The molecule has 2 heteroatoms. The van der Waals surface area contributed by atoms with Crippen molar-refractivity contribution in [2.45, 2.75) is 60.7 Å². The number of hydrogen-bond donors (Lipinski definition) is 0. The first-order chi connectivity index (χ1) is 10.8. The summed E-state index contributed by atoms with van der Waals surface area (Å²) in [5.41, 5.74) is 3.21. The quantitative estimate of drug-likeness (QED) is 0.618. The molecule has 0 aromatic carbocycles. The molecule has 1 spiro atoms. The molecule has 0 bridgehead atoms. The summed E-state index contributed by atoms with van der Waals surface area (Å²) < 4.78 is 12.8. The van der Waals surface area contributed by atoms with Gasteiger partial charge in [-0.05, 0) is 50.4 Å². The Morgan fingerprint density at radius 1 is 0.913 bits per heavy atom. The van der Waals surface area contributed by atoms with E-state index in [1.165, 1.54) is 24.0 Å². The summed E-state index contributed by atoms with van der Waals surface area (Å²) >= 11 is 0. The minimum absolute atomic E-state index is 0.0265. The highest BCUT2D eigenvalue weighted by Crippen LogP contribution is 2.48. The fourth-order valence-electron chi connectivity index (χ4n) is 5.44. The SMILES string of the molecule is CC1=C[C@H](C)[C@@H](C2OCC3(CO2)[C@@H](C)C=C(C)C[C@@H]3C)[C@H](C)C1. The van der Waals surface area contributed by atoms with Crippen LogP contribution in [0.3, 0.4) is 0 Å². The maximum Gasteiger partial charge on any atom is 0.161 e. The van der Waals surface area contributed by atoms with Gasteiger partial charge in [0.15, 0.2) is 6.29 Å². The molecule has 5 atom stereocenters. The van der Waals surface area contributed by atoms with Crippen molar-refractivity contribution in [1.29, 1.82) is 0 Å². The second-order valence-corrected chi connectivity index (χ2v) is 8.76. The van der Waals surface area contributed by atoms with Gasteiger partial charge in [-0.25, -0.2) is 0 Å². The van der Waals surface area contributed by atoms with E-state index in [9.17, 15) is 0 Å². The van der Waals surface area contributed by atoms with Crippen LogP contribution in [0.25, 0.3) is 0 Å². The Kier molecular flexibility index (Phi) is 4.77. The van der Waals surface area contributed by atoms with E-state index < -0.39 is 0 Å². The minimum Gasteiger partial charge on any atom is -0.352 e. The molecular weight excluding hydrogens is 284 g/mol. The maximum absolute atomic E-state index is 6.38. The molecule has 23 heavy (non-hydrogen) atoms. The summed E-state index contributed by atoms with van der Waals surface area (Å²) in [6, 6.07) is 0. The first-order valence-electron chi connectivity index (χ1n) is 9.41. The van der Waals surface area contributed by atoms with Gasteiger partial charge in [-0.3, -0.25) is 0 Å². The van der Waals surface area contributed by atoms with E-state index in [4.69, 9.17) is 9.47 Å². The van der Waals surface area contributed by atoms with E-state index in [1.807, 2.05) is 0 Å². The zero-order chi connectivity index (χ0) is 16.8. The molecule has 2 aliphatic carbocycles. The van der Waals surface area contributed by atoms with Crippen LogP contribution in [0, 0.1) is 35.0 Å². The second kappa shape index (κ2) is 6.37. The van der Waals surface area contributed by atoms with Gasteiger partial charge in [0, 0.05) is 11.3 Å². The Hall–Kier alpha value is -0.600. The first-order valence-corrected chi connectivity index (χ1v) is 9.41. The van der Waals surface area contributed by atoms with E-state index >= 15 is 0 Å². The maximum atomic E-state index is 6.38. The van der Waals surface area contributed by atoms with Crippen molar-refractivity contribution in [3.63, 3.8) is 0 Å². The average molecular weight is 319 g/mol. The molecule has 130 valence electrons. The molecule has 0 amide bonds. The molecule has 3 rings (SSSR count). The fourth-order valence-corrected chi connectivity index (χ4v) is 5.44. The van der Waals surface area contributed by atoms with Crippen LogP contribution >= 0.6 is 0 Å². The van der Waals surface area contributed by atoms with E-state index in [-0.39, 0.29) is 11.7 Å². The molecule has 0 aromatic rings. The minimum atomic E-state index is -0.0265. The fraction of sp³-hybridized carbons (Fsp3) is 0.810. The molecule has 3 aliphatic rings. The van der Waals surface area contributed by atoms with E-state index in [0.717, 1.165) is 13.2 Å². The molecule has 0 saturated carbocycles. The third kappa shape index (κ3) is 3.05. The first kappa shape index (κ1) is 17.2. The van der Waals surface area contributed by atoms with Crippen molar-refractivity contribution in [1.82, 2.24) is 0 Å². The lowest BCUT2D eigenvalue weighted by molar-refractivity contribution is -0.277. The van der Waals surface area contributed by atoms with Crippen molar-refractivity contribution in [2.24, 2.45) is 35.0 Å². The van der Waals surface area contributed by atoms with E-state index in [1.54, 1.807) is 0 Å². The van der Waals surface area contributed by atoms with Gasteiger partial charge in [0.25, 0.3) is 0 Å². The molecule has 0 aromatic heterocycles. The molecule has 0 radical (unpaired) electrons. The highest BCUT2D eigenvalue weighted by Gasteiger charge is 2.48. The summed E-state index contributed by atoms with van der Waals surface area (Å²) in [5, 5.41) is 0. The molecule has 0 N–H and O–H groups in total. The van der Waals surface area contributed by atoms with Crippen molar-refractivity contribution in [3.8, 4) is 0 Å². The van der Waals surface area contributed by atoms with Crippen LogP contribution in [0.15, 0.2) is 23.3 Å². The monoisotopic (exact) mass is 318 g/mol. The van der Waals surface area contributed by atoms with Crippen LogP contribution in [0.4, 0.5) is 0 Å². The van der Waals surface area contributed by atoms with Crippen LogP contribution in [0.2, 0.25) is 0 Å². The van der Waals surface area contributed by atoms with E-state index in [2.05, 4.69) is 53.7 Å². The number of allylic oxidation sites excluding steroid dienone is 4. The predicted molar refractivity (Wildman–Crippen MR) is 95.0 cm³/mol. The molecule has 1 saturated heterocycles. The van der Waals surface area contributed by atoms with Gasteiger partial charge in [0.1, 0.15) is 0 Å². The molecule has 1 heterocycles. The summed E-state index contributed by atoms with van der Waals surface area (Å²) in [6.07, 6.45) is 7.18. The second-order valence-electron chi connectivity index (χ2n) is 8.76. The van der Waals surface area contributed by atoms with Crippen LogP contribution in [0.5, 0.6) is 0 Å². The lowest BCUT2D eigenvalue weighted by atomic mass is 9.62. The van der Waals surface area contributed by atoms with Crippen molar-refractivity contribution in [2.75, 3.05) is 13.2 Å². The van der Waals surface area contributed by atoms with Crippen LogP contribution < -0.4 is 0 Å². The zero-order valence-electron chi connectivity index (χ0n) is 15.8. The third-order valence-corrected chi connectivity index (χ3v) is 6.85. The lowest BCUT2D eigenvalue weighted by Gasteiger charge is -2.51. The molecular formula is C21H34O2. The summed E-state index contributed by atoms with van der Waals surface area (Å²) in [5.74, 6) is 2.84. The lowest BCUT2D eigenvalue weighted by Crippen LogP contribution is -2.53. The molecule has 0 unspecified atom stereocenters. The van der Waals surface area contributed by atoms with Gasteiger partial charge < -0.3 is 9.47 Å². The van der Waals surface area contributed by atoms with Crippen molar-refractivity contribution >= 4 is 0 Å².